The van der Waals surface area contributed by atoms with Gasteiger partial charge in [-0.3, -0.25) is 0 Å². The van der Waals surface area contributed by atoms with Gasteiger partial charge >= 0.3 is 0 Å². The number of nitrogens with one attached hydrogen (secondary N) is 1. The van der Waals surface area contributed by atoms with Crippen molar-refractivity contribution < 1.29 is 4.42 Å². The smallest absolute Gasteiger partial charge is 0.247 e. The normalized spacial score (nSPS) is 11.6. The molecule has 1 aromatic carbocycles. The maximum Gasteiger partial charge on any atom is 0.247 e. The second kappa shape index (κ2) is 4.80. The molecule has 4 heteroatoms. The molecule has 0 unspecified atom stereocenters. The highest BCUT2D eigenvalue weighted by atomic mass is 16.4. The quantitative estimate of drug-likeness (QED) is 0.899. The Hall–Kier alpha value is -1.84. The van der Waals surface area contributed by atoms with E-state index in [1.807, 2.05) is 6.07 Å². The van der Waals surface area contributed by atoms with Crippen LogP contribution in [-0.2, 0) is 0 Å². The predicted octanol–water partition coefficient (Wildman–Crippen LogP) is 3.50. The summed E-state index contributed by atoms with van der Waals surface area (Å²) in [5, 5.41) is 11.1. The molecular formula is C14H19N3O. The van der Waals surface area contributed by atoms with Crippen molar-refractivity contribution >= 4 is 5.69 Å². The summed E-state index contributed by atoms with van der Waals surface area (Å²) in [6, 6.07) is 6.10. The van der Waals surface area contributed by atoms with E-state index < -0.39 is 0 Å². The Morgan fingerprint density at radius 1 is 1.28 bits per heavy atom. The predicted molar refractivity (Wildman–Crippen MR) is 72.4 cm³/mol. The number of nitrogens with zero attached hydrogens (tertiary/aromatic N) is 2. The topological polar surface area (TPSA) is 51.0 Å². The Morgan fingerprint density at radius 2 is 2.06 bits per heavy atom. The maximum atomic E-state index is 5.21. The van der Waals surface area contributed by atoms with E-state index in [4.69, 9.17) is 4.42 Å². The van der Waals surface area contributed by atoms with Crippen LogP contribution in [0.4, 0.5) is 5.69 Å². The van der Waals surface area contributed by atoms with Crippen LogP contribution in [0.5, 0.6) is 0 Å². The van der Waals surface area contributed by atoms with Crippen LogP contribution >= 0.6 is 0 Å². The third-order valence-electron chi connectivity index (χ3n) is 2.65. The van der Waals surface area contributed by atoms with Gasteiger partial charge in [-0.05, 0) is 30.0 Å². The number of anilines is 1. The third kappa shape index (κ3) is 3.09. The first kappa shape index (κ1) is 12.6. The molecule has 18 heavy (non-hydrogen) atoms. The van der Waals surface area contributed by atoms with Gasteiger partial charge in [-0.2, -0.15) is 0 Å². The largest absolute Gasteiger partial charge is 0.423 e. The van der Waals surface area contributed by atoms with Gasteiger partial charge < -0.3 is 9.73 Å². The lowest BCUT2D eigenvalue weighted by molar-refractivity contribution is 0.443. The van der Waals surface area contributed by atoms with E-state index >= 15 is 0 Å². The first-order valence-corrected chi connectivity index (χ1v) is 6.07. The minimum absolute atomic E-state index is 0.243. The average Bonchev–Trinajstić information content (AvgIpc) is 2.80. The number of hydrogen-bond donors (Lipinski definition) is 1. The van der Waals surface area contributed by atoms with Gasteiger partial charge in [0.2, 0.25) is 12.3 Å². The van der Waals surface area contributed by atoms with Gasteiger partial charge in [-0.15, -0.1) is 10.2 Å². The Bertz CT molecular complexity index is 512. The van der Waals surface area contributed by atoms with E-state index in [1.54, 1.807) is 0 Å². The molecule has 2 aromatic rings. The van der Waals surface area contributed by atoms with E-state index in [0.717, 1.165) is 17.8 Å². The van der Waals surface area contributed by atoms with Crippen LogP contribution in [0.25, 0.3) is 11.5 Å². The summed E-state index contributed by atoms with van der Waals surface area (Å²) in [5.74, 6) is 0.550. The third-order valence-corrected chi connectivity index (χ3v) is 2.65. The second-order valence-electron chi connectivity index (χ2n) is 5.69. The molecule has 0 aliphatic rings. The van der Waals surface area contributed by atoms with Gasteiger partial charge in [-0.25, -0.2) is 0 Å². The van der Waals surface area contributed by atoms with Crippen molar-refractivity contribution in [3.63, 3.8) is 0 Å². The minimum atomic E-state index is 0.243. The molecule has 96 valence electrons. The van der Waals surface area contributed by atoms with Crippen molar-refractivity contribution in [2.24, 2.45) is 5.41 Å². The summed E-state index contributed by atoms with van der Waals surface area (Å²) in [6.07, 6.45) is 1.34. The van der Waals surface area contributed by atoms with E-state index in [-0.39, 0.29) is 5.41 Å². The maximum absolute atomic E-state index is 5.21. The Kier molecular flexibility index (Phi) is 3.36. The minimum Gasteiger partial charge on any atom is -0.423 e. The second-order valence-corrected chi connectivity index (χ2v) is 5.69. The lowest BCUT2D eigenvalue weighted by atomic mass is 9.96. The fraction of sp³-hybridized carbons (Fsp3) is 0.429. The molecule has 4 nitrogen and oxygen atoms in total. The molecule has 0 radical (unpaired) electrons. The first-order chi connectivity index (χ1) is 8.46. The Balaban J connectivity index is 2.22. The lowest BCUT2D eigenvalue weighted by Crippen LogP contribution is -2.19. The first-order valence-electron chi connectivity index (χ1n) is 6.07. The molecule has 1 heterocycles. The van der Waals surface area contributed by atoms with Gasteiger partial charge in [0.15, 0.2) is 0 Å². The average molecular weight is 245 g/mol. The number of hydrogen-bond acceptors (Lipinski definition) is 4. The molecule has 2 rings (SSSR count). The standard InChI is InChI=1S/C14H19N3O/c1-10-5-6-11(13-17-16-9-18-13)7-12(10)15-8-14(2,3)4/h5-7,9,15H,8H2,1-4H3. The van der Waals surface area contributed by atoms with Crippen LogP contribution in [0.15, 0.2) is 29.0 Å². The van der Waals surface area contributed by atoms with Crippen molar-refractivity contribution in [1.29, 1.82) is 0 Å². The molecule has 0 saturated heterocycles. The van der Waals surface area contributed by atoms with Crippen molar-refractivity contribution in [3.8, 4) is 11.5 Å². The van der Waals surface area contributed by atoms with E-state index in [0.29, 0.717) is 5.89 Å². The van der Waals surface area contributed by atoms with Crippen molar-refractivity contribution in [3.05, 3.63) is 30.2 Å². The summed E-state index contributed by atoms with van der Waals surface area (Å²) in [6.45, 7) is 9.62. The number of aryl methyl sites for hydroxylation is 1. The molecule has 0 amide bonds. The van der Waals surface area contributed by atoms with Crippen LogP contribution in [0.2, 0.25) is 0 Å². The van der Waals surface area contributed by atoms with Crippen LogP contribution in [0.1, 0.15) is 26.3 Å². The molecule has 0 bridgehead atoms. The molecule has 0 saturated carbocycles. The zero-order chi connectivity index (χ0) is 13.2. The highest BCUT2D eigenvalue weighted by Gasteiger charge is 2.11. The van der Waals surface area contributed by atoms with E-state index in [2.05, 4.69) is 55.3 Å². The van der Waals surface area contributed by atoms with Gasteiger partial charge in [0.05, 0.1) is 0 Å². The van der Waals surface area contributed by atoms with Crippen molar-refractivity contribution in [2.75, 3.05) is 11.9 Å². The summed E-state index contributed by atoms with van der Waals surface area (Å²) >= 11 is 0. The van der Waals surface area contributed by atoms with Gasteiger partial charge in [0, 0.05) is 17.8 Å². The zero-order valence-corrected chi connectivity index (χ0v) is 11.3. The molecule has 0 atom stereocenters. The SMILES string of the molecule is Cc1ccc(-c2nnco2)cc1NCC(C)(C)C. The van der Waals surface area contributed by atoms with Crippen LogP contribution in [0.3, 0.4) is 0 Å². The van der Waals surface area contributed by atoms with Crippen LogP contribution < -0.4 is 5.32 Å². The molecule has 0 aliphatic carbocycles. The molecule has 1 N–H and O–H groups in total. The highest BCUT2D eigenvalue weighted by Crippen LogP contribution is 2.25. The fourth-order valence-corrected chi connectivity index (χ4v) is 1.60. The van der Waals surface area contributed by atoms with Gasteiger partial charge in [-0.1, -0.05) is 26.8 Å². The van der Waals surface area contributed by atoms with Gasteiger partial charge in [0.1, 0.15) is 0 Å². The number of benzene rings is 1. The summed E-state index contributed by atoms with van der Waals surface area (Å²) in [5.41, 5.74) is 3.50. The number of rotatable bonds is 3. The summed E-state index contributed by atoms with van der Waals surface area (Å²) in [7, 11) is 0. The molecule has 1 aromatic heterocycles. The molecular weight excluding hydrogens is 226 g/mol. The van der Waals surface area contributed by atoms with Crippen molar-refractivity contribution in [1.82, 2.24) is 10.2 Å². The van der Waals surface area contributed by atoms with Crippen molar-refractivity contribution in [2.45, 2.75) is 27.7 Å². The molecule has 0 spiro atoms. The fourth-order valence-electron chi connectivity index (χ4n) is 1.60. The van der Waals surface area contributed by atoms with Crippen LogP contribution in [0, 0.1) is 12.3 Å². The lowest BCUT2D eigenvalue weighted by Gasteiger charge is -2.20. The monoisotopic (exact) mass is 245 g/mol. The number of aromatic nitrogens is 2. The van der Waals surface area contributed by atoms with E-state index in [1.165, 1.54) is 12.0 Å². The van der Waals surface area contributed by atoms with Crippen LogP contribution in [-0.4, -0.2) is 16.7 Å². The highest BCUT2D eigenvalue weighted by molar-refractivity contribution is 5.64. The summed E-state index contributed by atoms with van der Waals surface area (Å²) < 4.78 is 5.21. The molecule has 0 aliphatic heterocycles. The van der Waals surface area contributed by atoms with E-state index in [9.17, 15) is 0 Å². The van der Waals surface area contributed by atoms with Gasteiger partial charge in [0.25, 0.3) is 0 Å². The zero-order valence-electron chi connectivity index (χ0n) is 11.3. The summed E-state index contributed by atoms with van der Waals surface area (Å²) in [4.78, 5) is 0. The molecule has 0 fully saturated rings. The Labute approximate surface area is 107 Å². The Morgan fingerprint density at radius 3 is 2.67 bits per heavy atom.